The summed E-state index contributed by atoms with van der Waals surface area (Å²) in [6.45, 7) is 0.511. The summed E-state index contributed by atoms with van der Waals surface area (Å²) in [6, 6.07) is -0.264. The number of carboxylic acids is 1. The van der Waals surface area contributed by atoms with Crippen molar-refractivity contribution in [1.29, 1.82) is 0 Å². The molecule has 0 aliphatic rings. The van der Waals surface area contributed by atoms with Crippen LogP contribution in [0.3, 0.4) is 0 Å². The van der Waals surface area contributed by atoms with Gasteiger partial charge in [-0.2, -0.15) is 0 Å². The zero-order chi connectivity index (χ0) is 11.0. The van der Waals surface area contributed by atoms with Crippen LogP contribution < -0.4 is 17.2 Å². The lowest BCUT2D eigenvalue weighted by atomic mass is 10.1. The highest BCUT2D eigenvalue weighted by atomic mass is 79.9. The molecule has 8 heteroatoms. The van der Waals surface area contributed by atoms with Crippen LogP contribution in [-0.2, 0) is 4.79 Å². The zero-order valence-corrected chi connectivity index (χ0v) is 12.1. The van der Waals surface area contributed by atoms with E-state index < -0.39 is 5.97 Å². The van der Waals surface area contributed by atoms with Crippen molar-refractivity contribution in [3.63, 3.8) is 0 Å². The lowest BCUT2D eigenvalue weighted by Crippen LogP contribution is -2.23. The molecule has 0 saturated carbocycles. The van der Waals surface area contributed by atoms with E-state index in [2.05, 4.69) is 4.99 Å². The molecule has 0 fully saturated rings. The van der Waals surface area contributed by atoms with Gasteiger partial charge in [-0.1, -0.05) is 6.08 Å². The number of hydrogen-bond acceptors (Lipinski definition) is 3. The van der Waals surface area contributed by atoms with Crippen LogP contribution in [0.25, 0.3) is 0 Å². The van der Waals surface area contributed by atoms with Crippen molar-refractivity contribution in [2.45, 2.75) is 18.9 Å². The highest BCUT2D eigenvalue weighted by molar-refractivity contribution is 8.93. The number of carbonyl (C=O) groups is 1. The van der Waals surface area contributed by atoms with Gasteiger partial charge in [-0.15, -0.1) is 34.0 Å². The lowest BCUT2D eigenvalue weighted by molar-refractivity contribution is -0.131. The first-order valence-electron chi connectivity index (χ1n) is 4.24. The molecule has 0 bridgehead atoms. The van der Waals surface area contributed by atoms with Crippen molar-refractivity contribution >= 4 is 45.9 Å². The molecule has 0 aliphatic carbocycles. The van der Waals surface area contributed by atoms with Crippen molar-refractivity contribution < 1.29 is 9.90 Å². The predicted molar refractivity (Wildman–Crippen MR) is 75.3 cm³/mol. The molecule has 0 saturated heterocycles. The smallest absolute Gasteiger partial charge is 0.328 e. The van der Waals surface area contributed by atoms with Gasteiger partial charge in [0.25, 0.3) is 0 Å². The lowest BCUT2D eigenvalue weighted by Gasteiger charge is -2.03. The van der Waals surface area contributed by atoms with Crippen LogP contribution in [0, 0.1) is 0 Å². The van der Waals surface area contributed by atoms with Crippen LogP contribution >= 0.6 is 34.0 Å². The fourth-order valence-electron chi connectivity index (χ4n) is 0.837. The van der Waals surface area contributed by atoms with Gasteiger partial charge in [0.15, 0.2) is 5.96 Å². The number of hydrogen-bond donors (Lipinski definition) is 4. The monoisotopic (exact) mass is 360 g/mol. The summed E-state index contributed by atoms with van der Waals surface area (Å²) in [7, 11) is 0. The molecular weight excluding hydrogens is 344 g/mol. The Bertz CT molecular complexity index is 242. The van der Waals surface area contributed by atoms with Crippen LogP contribution in [0.15, 0.2) is 17.1 Å². The molecule has 7 N–H and O–H groups in total. The number of nitrogens with zero attached hydrogens (tertiary/aromatic N) is 1. The molecule has 0 radical (unpaired) electrons. The van der Waals surface area contributed by atoms with Crippen LogP contribution in [0.4, 0.5) is 0 Å². The third kappa shape index (κ3) is 15.9. The maximum atomic E-state index is 10.1. The van der Waals surface area contributed by atoms with Crippen molar-refractivity contribution in [3.05, 3.63) is 12.2 Å². The van der Waals surface area contributed by atoms with Gasteiger partial charge in [0.2, 0.25) is 0 Å². The Morgan fingerprint density at radius 3 is 2.38 bits per heavy atom. The van der Waals surface area contributed by atoms with Gasteiger partial charge in [-0.3, -0.25) is 4.99 Å². The molecule has 0 aromatic rings. The van der Waals surface area contributed by atoms with E-state index in [0.717, 1.165) is 12.5 Å². The number of halogens is 2. The first-order valence-corrected chi connectivity index (χ1v) is 4.24. The standard InChI is InChI=1S/C8H16N4O2.2BrH/c9-6(3-4-7(13)14)2-1-5-12-8(10)11;;/h3-4,6H,1-2,5,9H2,(H,13,14)(H4,10,11,12);2*1H/b4-3+;;/t6-;;/m0../s1. The molecule has 0 heterocycles. The van der Waals surface area contributed by atoms with Gasteiger partial charge in [0.1, 0.15) is 0 Å². The third-order valence-corrected chi connectivity index (χ3v) is 1.48. The van der Waals surface area contributed by atoms with E-state index in [4.69, 9.17) is 22.3 Å². The van der Waals surface area contributed by atoms with Crippen molar-refractivity contribution in [2.75, 3.05) is 6.54 Å². The topological polar surface area (TPSA) is 128 Å². The highest BCUT2D eigenvalue weighted by Crippen LogP contribution is 1.96. The summed E-state index contributed by atoms with van der Waals surface area (Å²) in [5.41, 5.74) is 15.8. The Kier molecular flexibility index (Phi) is 16.2. The molecule has 0 aliphatic heterocycles. The Hall–Kier alpha value is -0.600. The Balaban J connectivity index is -0.000000845. The van der Waals surface area contributed by atoms with E-state index in [1.54, 1.807) is 0 Å². The highest BCUT2D eigenvalue weighted by Gasteiger charge is 1.97. The van der Waals surface area contributed by atoms with Gasteiger partial charge >= 0.3 is 5.97 Å². The number of rotatable bonds is 6. The normalized spacial score (nSPS) is 11.1. The number of guanidine groups is 1. The van der Waals surface area contributed by atoms with E-state index in [1.807, 2.05) is 0 Å². The first kappa shape index (κ1) is 20.8. The zero-order valence-electron chi connectivity index (χ0n) is 8.70. The minimum atomic E-state index is -0.996. The number of aliphatic carboxylic acids is 1. The minimum Gasteiger partial charge on any atom is -0.478 e. The second kappa shape index (κ2) is 12.5. The van der Waals surface area contributed by atoms with Gasteiger partial charge in [-0.25, -0.2) is 4.79 Å². The van der Waals surface area contributed by atoms with Crippen LogP contribution in [0.1, 0.15) is 12.8 Å². The van der Waals surface area contributed by atoms with Gasteiger partial charge in [0, 0.05) is 18.7 Å². The van der Waals surface area contributed by atoms with Crippen LogP contribution in [0.2, 0.25) is 0 Å². The second-order valence-electron chi connectivity index (χ2n) is 2.81. The van der Waals surface area contributed by atoms with Gasteiger partial charge < -0.3 is 22.3 Å². The van der Waals surface area contributed by atoms with E-state index in [0.29, 0.717) is 13.0 Å². The van der Waals surface area contributed by atoms with E-state index in [-0.39, 0.29) is 46.0 Å². The fourth-order valence-corrected chi connectivity index (χ4v) is 0.837. The molecular formula is C8H18Br2N4O2. The van der Waals surface area contributed by atoms with Gasteiger partial charge in [-0.05, 0) is 12.8 Å². The van der Waals surface area contributed by atoms with Crippen LogP contribution in [0.5, 0.6) is 0 Å². The van der Waals surface area contributed by atoms with Crippen molar-refractivity contribution in [1.82, 2.24) is 0 Å². The maximum absolute atomic E-state index is 10.1. The number of carboxylic acid groups (broad SMARTS) is 1. The SMILES string of the molecule is Br.Br.NC(N)=NCCC[C@H](N)/C=C/C(=O)O. The molecule has 96 valence electrons. The largest absolute Gasteiger partial charge is 0.478 e. The molecule has 6 nitrogen and oxygen atoms in total. The van der Waals surface area contributed by atoms with E-state index >= 15 is 0 Å². The van der Waals surface area contributed by atoms with Gasteiger partial charge in [0.05, 0.1) is 0 Å². The molecule has 0 spiro atoms. The molecule has 1 atom stereocenters. The molecule has 0 rings (SSSR count). The van der Waals surface area contributed by atoms with E-state index in [9.17, 15) is 4.79 Å². The van der Waals surface area contributed by atoms with E-state index in [1.165, 1.54) is 6.08 Å². The predicted octanol–water partition coefficient (Wildman–Crippen LogP) is 0.164. The summed E-state index contributed by atoms with van der Waals surface area (Å²) in [5, 5.41) is 8.31. The number of aliphatic imine (C=N–C) groups is 1. The van der Waals surface area contributed by atoms with Crippen molar-refractivity contribution in [3.8, 4) is 0 Å². The molecule has 16 heavy (non-hydrogen) atoms. The maximum Gasteiger partial charge on any atom is 0.328 e. The summed E-state index contributed by atoms with van der Waals surface area (Å²) < 4.78 is 0. The number of nitrogens with two attached hydrogens (primary N) is 3. The molecule has 0 aromatic heterocycles. The Morgan fingerprint density at radius 2 is 1.94 bits per heavy atom. The third-order valence-electron chi connectivity index (χ3n) is 1.48. The minimum absolute atomic E-state index is 0. The van der Waals surface area contributed by atoms with Crippen LogP contribution in [-0.4, -0.2) is 29.6 Å². The Labute approximate surface area is 116 Å². The Morgan fingerprint density at radius 1 is 1.38 bits per heavy atom. The first-order chi connectivity index (χ1) is 6.52. The quantitative estimate of drug-likeness (QED) is 0.232. The summed E-state index contributed by atoms with van der Waals surface area (Å²) in [6.07, 6.45) is 3.85. The molecule has 0 aromatic carbocycles. The summed E-state index contributed by atoms with van der Waals surface area (Å²) in [5.74, 6) is -0.940. The molecule has 0 unspecified atom stereocenters. The van der Waals surface area contributed by atoms with Crippen molar-refractivity contribution in [2.24, 2.45) is 22.2 Å². The average Bonchev–Trinajstić information content (AvgIpc) is 2.08. The summed E-state index contributed by atoms with van der Waals surface area (Å²) >= 11 is 0. The average molecular weight is 362 g/mol. The fraction of sp³-hybridized carbons (Fsp3) is 0.500. The molecule has 0 amide bonds. The summed E-state index contributed by atoms with van der Waals surface area (Å²) in [4.78, 5) is 13.9. The second-order valence-corrected chi connectivity index (χ2v) is 2.81.